The van der Waals surface area contributed by atoms with Crippen molar-refractivity contribution in [2.45, 2.75) is 51.5 Å². The van der Waals surface area contributed by atoms with E-state index in [4.69, 9.17) is 0 Å². The second-order valence-electron chi connectivity index (χ2n) is 7.45. The number of unbranched alkanes of at least 4 members (excludes halogenated alkanes) is 4. The number of aryl methyl sites for hydroxylation is 2. The van der Waals surface area contributed by atoms with Crippen molar-refractivity contribution < 1.29 is 36.8 Å². The zero-order chi connectivity index (χ0) is 20.4. The average molecular weight is 423 g/mol. The van der Waals surface area contributed by atoms with Crippen molar-refractivity contribution >= 4 is 11.9 Å². The predicted molar refractivity (Wildman–Crippen MR) is 106 cm³/mol. The first-order chi connectivity index (χ1) is 13.5. The summed E-state index contributed by atoms with van der Waals surface area (Å²) in [5.74, 6) is -3.79. The van der Waals surface area contributed by atoms with Crippen LogP contribution in [0.1, 0.15) is 44.1 Å². The van der Waals surface area contributed by atoms with Gasteiger partial charge in [0.05, 0.1) is 25.4 Å². The molecule has 0 aliphatic rings. The van der Waals surface area contributed by atoms with Crippen molar-refractivity contribution in [2.24, 2.45) is 18.9 Å². The number of hydrogen-bond donors (Lipinski definition) is 2. The number of rotatable bonds is 13. The van der Waals surface area contributed by atoms with E-state index < -0.39 is 23.8 Å². The van der Waals surface area contributed by atoms with E-state index in [1.54, 1.807) is 0 Å². The Balaban J connectivity index is 0.00000420. The maximum atomic E-state index is 11.7. The van der Waals surface area contributed by atoms with Crippen molar-refractivity contribution in [2.75, 3.05) is 0 Å². The van der Waals surface area contributed by atoms with E-state index in [-0.39, 0.29) is 18.8 Å². The topological polar surface area (TPSA) is 83.4 Å². The largest absolute Gasteiger partial charge is 1.00 e. The number of imidazole rings is 1. The van der Waals surface area contributed by atoms with Crippen molar-refractivity contribution in [3.05, 3.63) is 54.6 Å². The van der Waals surface area contributed by atoms with Gasteiger partial charge < -0.3 is 22.6 Å². The molecular weight excluding hydrogens is 392 g/mol. The molecule has 2 N–H and O–H groups in total. The maximum absolute atomic E-state index is 11.7. The molecule has 2 atom stereocenters. The number of aromatic nitrogens is 2. The van der Waals surface area contributed by atoms with Gasteiger partial charge in [0, 0.05) is 0 Å². The minimum Gasteiger partial charge on any atom is -1.00 e. The Morgan fingerprint density at radius 1 is 0.966 bits per heavy atom. The molecule has 0 saturated heterocycles. The fourth-order valence-electron chi connectivity index (χ4n) is 3.59. The van der Waals surface area contributed by atoms with Gasteiger partial charge in [-0.05, 0) is 31.2 Å². The summed E-state index contributed by atoms with van der Waals surface area (Å²) in [6.07, 6.45) is 11.7. The monoisotopic (exact) mass is 422 g/mol. The molecule has 6 nitrogen and oxygen atoms in total. The maximum Gasteiger partial charge on any atom is 0.307 e. The lowest BCUT2D eigenvalue weighted by molar-refractivity contribution is -0.671. The molecule has 0 aliphatic carbocycles. The molecular formula is C22H31ClN2O4. The van der Waals surface area contributed by atoms with E-state index in [1.807, 2.05) is 48.1 Å². The van der Waals surface area contributed by atoms with Crippen molar-refractivity contribution in [1.82, 2.24) is 4.57 Å². The van der Waals surface area contributed by atoms with E-state index >= 15 is 0 Å². The van der Waals surface area contributed by atoms with E-state index in [1.165, 1.54) is 0 Å². The summed E-state index contributed by atoms with van der Waals surface area (Å²) in [6.45, 7) is 0.983. The Kier molecular flexibility index (Phi) is 11.1. The van der Waals surface area contributed by atoms with Crippen LogP contribution in [0.15, 0.2) is 49.1 Å². The van der Waals surface area contributed by atoms with Gasteiger partial charge in [0.1, 0.15) is 12.4 Å². The number of carbonyl (C=O) groups is 2. The summed E-state index contributed by atoms with van der Waals surface area (Å²) in [6, 6.07) is 9.25. The highest BCUT2D eigenvalue weighted by Gasteiger charge is 2.33. The number of hydrogen-bond acceptors (Lipinski definition) is 2. The highest BCUT2D eigenvalue weighted by atomic mass is 35.5. The molecule has 1 aromatic carbocycles. The molecule has 0 bridgehead atoms. The summed E-state index contributed by atoms with van der Waals surface area (Å²) < 4.78 is 4.17. The minimum atomic E-state index is -1.03. The van der Waals surface area contributed by atoms with Crippen LogP contribution < -0.4 is 17.0 Å². The molecule has 0 spiro atoms. The highest BCUT2D eigenvalue weighted by molar-refractivity contribution is 5.80. The first kappa shape index (κ1) is 24.7. The van der Waals surface area contributed by atoms with Crippen LogP contribution >= 0.6 is 0 Å². The number of aliphatic carboxylic acids is 2. The van der Waals surface area contributed by atoms with E-state index in [0.717, 1.165) is 44.2 Å². The fraction of sp³-hybridized carbons (Fsp3) is 0.500. The summed E-state index contributed by atoms with van der Waals surface area (Å²) in [7, 11) is 2.00. The molecule has 0 unspecified atom stereocenters. The van der Waals surface area contributed by atoms with Gasteiger partial charge in [-0.1, -0.05) is 49.6 Å². The average Bonchev–Trinajstić information content (AvgIpc) is 3.08. The summed E-state index contributed by atoms with van der Waals surface area (Å²) in [5, 5.41) is 19.1. The SMILES string of the molecule is C[n+]1ccn(CCCCCCC[C@H](C(=O)O)[C@H](Cc2ccccc2)C(=O)O)c1.[Cl-]. The molecule has 160 valence electrons. The summed E-state index contributed by atoms with van der Waals surface area (Å²) in [4.78, 5) is 23.4. The quantitative estimate of drug-likeness (QED) is 0.359. The first-order valence-electron chi connectivity index (χ1n) is 9.98. The number of nitrogens with zero attached hydrogens (tertiary/aromatic N) is 2. The second kappa shape index (κ2) is 13.0. The van der Waals surface area contributed by atoms with Crippen LogP contribution in [0.2, 0.25) is 0 Å². The molecule has 1 heterocycles. The van der Waals surface area contributed by atoms with E-state index in [9.17, 15) is 19.8 Å². The zero-order valence-corrected chi connectivity index (χ0v) is 17.7. The van der Waals surface area contributed by atoms with Gasteiger partial charge in [-0.15, -0.1) is 0 Å². The predicted octanol–water partition coefficient (Wildman–Crippen LogP) is 0.302. The lowest BCUT2D eigenvalue weighted by Gasteiger charge is -2.20. The minimum absolute atomic E-state index is 0. The van der Waals surface area contributed by atoms with Crippen LogP contribution in [-0.4, -0.2) is 26.7 Å². The second-order valence-corrected chi connectivity index (χ2v) is 7.45. The number of benzene rings is 1. The van der Waals surface area contributed by atoms with Crippen LogP contribution in [0.3, 0.4) is 0 Å². The molecule has 29 heavy (non-hydrogen) atoms. The third kappa shape index (κ3) is 8.69. The molecule has 1 aromatic heterocycles. The van der Waals surface area contributed by atoms with Gasteiger partial charge in [-0.2, -0.15) is 0 Å². The smallest absolute Gasteiger partial charge is 0.307 e. The van der Waals surface area contributed by atoms with Gasteiger partial charge in [0.2, 0.25) is 6.33 Å². The van der Waals surface area contributed by atoms with Crippen LogP contribution in [0.25, 0.3) is 0 Å². The van der Waals surface area contributed by atoms with Crippen LogP contribution in [-0.2, 0) is 29.6 Å². The molecule has 2 aromatic rings. The molecule has 0 radical (unpaired) electrons. The lowest BCUT2D eigenvalue weighted by atomic mass is 9.83. The molecule has 0 aliphatic heterocycles. The Morgan fingerprint density at radius 3 is 2.17 bits per heavy atom. The van der Waals surface area contributed by atoms with Crippen LogP contribution in [0.5, 0.6) is 0 Å². The first-order valence-corrected chi connectivity index (χ1v) is 9.98. The van der Waals surface area contributed by atoms with Gasteiger partial charge in [0.25, 0.3) is 0 Å². The Labute approximate surface area is 178 Å². The third-order valence-corrected chi connectivity index (χ3v) is 5.17. The van der Waals surface area contributed by atoms with E-state index in [2.05, 4.69) is 17.1 Å². The standard InChI is InChI=1S/C22H30N2O4.ClH/c1-23-14-15-24(17-23)13-9-4-2-3-8-12-19(21(25)26)20(22(27)28)16-18-10-6-5-7-11-18;/h5-7,10-11,14-15,17,19-20H,2-4,8-9,12-13,16H2,1H3,(H-,25,26,27,28);1H/t19-,20-;/m0./s1. The molecule has 0 amide bonds. The number of carboxylic acid groups (broad SMARTS) is 2. The van der Waals surface area contributed by atoms with Crippen molar-refractivity contribution in [1.29, 1.82) is 0 Å². The van der Waals surface area contributed by atoms with Gasteiger partial charge >= 0.3 is 11.9 Å². The van der Waals surface area contributed by atoms with Crippen molar-refractivity contribution in [3.63, 3.8) is 0 Å². The summed E-state index contributed by atoms with van der Waals surface area (Å²) >= 11 is 0. The van der Waals surface area contributed by atoms with Gasteiger partial charge in [0.15, 0.2) is 0 Å². The molecule has 0 saturated carbocycles. The van der Waals surface area contributed by atoms with Gasteiger partial charge in [-0.3, -0.25) is 9.59 Å². The van der Waals surface area contributed by atoms with E-state index in [0.29, 0.717) is 6.42 Å². The third-order valence-electron chi connectivity index (χ3n) is 5.17. The lowest BCUT2D eigenvalue weighted by Crippen LogP contribution is -3.00. The molecule has 0 fully saturated rings. The Morgan fingerprint density at radius 2 is 1.59 bits per heavy atom. The number of halogens is 1. The van der Waals surface area contributed by atoms with Crippen LogP contribution in [0.4, 0.5) is 0 Å². The zero-order valence-electron chi connectivity index (χ0n) is 16.9. The Bertz CT molecular complexity index is 748. The highest BCUT2D eigenvalue weighted by Crippen LogP contribution is 2.24. The molecule has 2 rings (SSSR count). The normalized spacial score (nSPS) is 12.7. The fourth-order valence-corrected chi connectivity index (χ4v) is 3.59. The Hall–Kier alpha value is -2.34. The van der Waals surface area contributed by atoms with Gasteiger partial charge in [-0.25, -0.2) is 9.13 Å². The van der Waals surface area contributed by atoms with Crippen molar-refractivity contribution in [3.8, 4) is 0 Å². The summed E-state index contributed by atoms with van der Waals surface area (Å²) in [5.41, 5.74) is 0.861. The number of carboxylic acids is 2. The molecule has 7 heteroatoms. The van der Waals surface area contributed by atoms with Crippen LogP contribution in [0, 0.1) is 11.8 Å².